The number of benzene rings is 1. The molecule has 1 fully saturated rings. The van der Waals surface area contributed by atoms with Gasteiger partial charge in [0, 0.05) is 0 Å². The zero-order chi connectivity index (χ0) is 15.9. The van der Waals surface area contributed by atoms with Crippen LogP contribution in [0, 0.1) is 11.8 Å². The third-order valence-corrected chi connectivity index (χ3v) is 4.10. The second kappa shape index (κ2) is 7.79. The minimum atomic E-state index is -1.01. The van der Waals surface area contributed by atoms with E-state index >= 15 is 0 Å². The Bertz CT molecular complexity index is 501. The van der Waals surface area contributed by atoms with E-state index in [1.54, 1.807) is 30.3 Å². The summed E-state index contributed by atoms with van der Waals surface area (Å²) in [7, 11) is 0. The quantitative estimate of drug-likeness (QED) is 0.480. The van der Waals surface area contributed by atoms with Crippen molar-refractivity contribution >= 4 is 12.1 Å². The van der Waals surface area contributed by atoms with Crippen LogP contribution in [-0.2, 0) is 19.6 Å². The first-order valence-electron chi connectivity index (χ1n) is 7.39. The van der Waals surface area contributed by atoms with Gasteiger partial charge in [0.15, 0.2) is 0 Å². The predicted octanol–water partition coefficient (Wildman–Crippen LogP) is 3.67. The lowest BCUT2D eigenvalue weighted by Crippen LogP contribution is -2.33. The normalized spacial score (nSPS) is 24.4. The molecule has 0 radical (unpaired) electrons. The van der Waals surface area contributed by atoms with E-state index in [1.807, 2.05) is 6.92 Å². The van der Waals surface area contributed by atoms with Crippen LogP contribution in [-0.4, -0.2) is 18.2 Å². The third kappa shape index (κ3) is 4.46. The number of carbonyl (C=O) groups is 2. The molecule has 1 aliphatic rings. The molecule has 0 bridgehead atoms. The van der Waals surface area contributed by atoms with E-state index < -0.39 is 12.1 Å². The van der Waals surface area contributed by atoms with Crippen molar-refractivity contribution in [3.05, 3.63) is 35.9 Å². The van der Waals surface area contributed by atoms with Crippen LogP contribution >= 0.6 is 0 Å². The van der Waals surface area contributed by atoms with E-state index in [9.17, 15) is 9.59 Å². The number of hydrogen-bond donors (Lipinski definition) is 0. The van der Waals surface area contributed by atoms with E-state index in [0.29, 0.717) is 5.92 Å². The first-order valence-corrected chi connectivity index (χ1v) is 7.39. The van der Waals surface area contributed by atoms with Gasteiger partial charge in [-0.25, -0.2) is 14.5 Å². The Kier molecular flexibility index (Phi) is 5.77. The Balaban J connectivity index is 1.71. The van der Waals surface area contributed by atoms with Gasteiger partial charge >= 0.3 is 12.1 Å². The Morgan fingerprint density at radius 1 is 1.05 bits per heavy atom. The molecule has 1 aromatic carbocycles. The molecule has 0 amide bonds. The molecule has 120 valence electrons. The summed E-state index contributed by atoms with van der Waals surface area (Å²) >= 11 is 0. The number of carbonyl (C=O) groups excluding carboxylic acids is 2. The molecule has 0 saturated heterocycles. The molecule has 3 unspecified atom stereocenters. The minimum absolute atomic E-state index is 0.204. The molecule has 1 aliphatic carbocycles. The van der Waals surface area contributed by atoms with Gasteiger partial charge in [0.2, 0.25) is 0 Å². The summed E-state index contributed by atoms with van der Waals surface area (Å²) in [6.45, 7) is 4.17. The summed E-state index contributed by atoms with van der Waals surface area (Å²) in [5.41, 5.74) is 0.286. The molecule has 1 saturated carbocycles. The van der Waals surface area contributed by atoms with Gasteiger partial charge in [-0.1, -0.05) is 38.5 Å². The smallest absolute Gasteiger partial charge is 0.429 e. The second-order valence-corrected chi connectivity index (χ2v) is 5.56. The lowest BCUT2D eigenvalue weighted by Gasteiger charge is -2.32. The Morgan fingerprint density at radius 2 is 1.77 bits per heavy atom. The highest BCUT2D eigenvalue weighted by Crippen LogP contribution is 2.31. The first kappa shape index (κ1) is 16.3. The summed E-state index contributed by atoms with van der Waals surface area (Å²) in [5.74, 6) is -0.00963. The molecular weight excluding hydrogens is 288 g/mol. The van der Waals surface area contributed by atoms with E-state index in [-0.39, 0.29) is 17.6 Å². The summed E-state index contributed by atoms with van der Waals surface area (Å²) in [5, 5.41) is 4.19. The molecule has 1 aromatic rings. The summed E-state index contributed by atoms with van der Waals surface area (Å²) < 4.78 is 5.18. The van der Waals surface area contributed by atoms with Crippen molar-refractivity contribution in [3.8, 4) is 0 Å². The van der Waals surface area contributed by atoms with Crippen molar-refractivity contribution in [1.82, 2.24) is 0 Å². The molecule has 2 rings (SSSR count). The Hall–Kier alpha value is -2.08. The number of hydrogen-bond acceptors (Lipinski definition) is 6. The maximum Gasteiger partial charge on any atom is 0.543 e. The molecule has 6 nitrogen and oxygen atoms in total. The van der Waals surface area contributed by atoms with Crippen molar-refractivity contribution < 1.29 is 29.1 Å². The Labute approximate surface area is 129 Å². The highest BCUT2D eigenvalue weighted by molar-refractivity contribution is 5.88. The van der Waals surface area contributed by atoms with E-state index in [0.717, 1.165) is 19.3 Å². The third-order valence-electron chi connectivity index (χ3n) is 4.10. The fraction of sp³-hybridized carbons (Fsp3) is 0.500. The summed E-state index contributed by atoms with van der Waals surface area (Å²) in [6, 6.07) is 8.22. The first-order chi connectivity index (χ1) is 10.6. The lowest BCUT2D eigenvalue weighted by molar-refractivity contribution is -0.453. The average molecular weight is 308 g/mol. The van der Waals surface area contributed by atoms with E-state index in [2.05, 4.69) is 21.7 Å². The second-order valence-electron chi connectivity index (χ2n) is 5.56. The fourth-order valence-electron chi connectivity index (χ4n) is 2.54. The van der Waals surface area contributed by atoms with Gasteiger partial charge in [-0.15, -0.1) is 0 Å². The van der Waals surface area contributed by atoms with Crippen LogP contribution in [0.4, 0.5) is 4.79 Å². The van der Waals surface area contributed by atoms with Crippen LogP contribution in [0.3, 0.4) is 0 Å². The van der Waals surface area contributed by atoms with Gasteiger partial charge in [-0.05, 0) is 36.8 Å². The highest BCUT2D eigenvalue weighted by atomic mass is 17.5. The van der Waals surface area contributed by atoms with Gasteiger partial charge in [0.25, 0.3) is 0 Å². The maximum atomic E-state index is 11.5. The molecular formula is C16H20O6. The van der Waals surface area contributed by atoms with Crippen LogP contribution < -0.4 is 0 Å². The van der Waals surface area contributed by atoms with Crippen molar-refractivity contribution in [3.63, 3.8) is 0 Å². The fourth-order valence-corrected chi connectivity index (χ4v) is 2.54. The monoisotopic (exact) mass is 308 g/mol. The molecule has 3 atom stereocenters. The van der Waals surface area contributed by atoms with Gasteiger partial charge < -0.3 is 4.74 Å². The molecule has 0 heterocycles. The summed E-state index contributed by atoms with van der Waals surface area (Å²) in [4.78, 5) is 31.7. The van der Waals surface area contributed by atoms with E-state index in [1.165, 1.54) is 0 Å². The standard InChI is InChI=1S/C16H20O6/c1-11-7-6-10-14(12(11)2)19-16(18)21-22-20-15(17)13-8-4-3-5-9-13/h3-5,8-9,11-12,14H,6-7,10H2,1-2H3. The molecule has 22 heavy (non-hydrogen) atoms. The van der Waals surface area contributed by atoms with Crippen LogP contribution in [0.2, 0.25) is 0 Å². The number of rotatable bonds is 4. The van der Waals surface area contributed by atoms with Crippen molar-refractivity contribution in [2.75, 3.05) is 0 Å². The van der Waals surface area contributed by atoms with Crippen molar-refractivity contribution in [2.45, 2.75) is 39.2 Å². The van der Waals surface area contributed by atoms with Crippen molar-refractivity contribution in [2.24, 2.45) is 11.8 Å². The minimum Gasteiger partial charge on any atom is -0.429 e. The molecule has 0 spiro atoms. The maximum absolute atomic E-state index is 11.5. The van der Waals surface area contributed by atoms with Crippen LogP contribution in [0.15, 0.2) is 30.3 Å². The van der Waals surface area contributed by atoms with Crippen LogP contribution in [0.5, 0.6) is 0 Å². The van der Waals surface area contributed by atoms with Gasteiger partial charge in [-0.3, -0.25) is 4.89 Å². The summed E-state index contributed by atoms with van der Waals surface area (Å²) in [6.07, 6.45) is 1.72. The number of ether oxygens (including phenoxy) is 1. The zero-order valence-corrected chi connectivity index (χ0v) is 12.7. The zero-order valence-electron chi connectivity index (χ0n) is 12.7. The largest absolute Gasteiger partial charge is 0.543 e. The predicted molar refractivity (Wildman–Crippen MR) is 76.5 cm³/mol. The van der Waals surface area contributed by atoms with Gasteiger partial charge in [-0.2, -0.15) is 0 Å². The average Bonchev–Trinajstić information content (AvgIpc) is 2.52. The highest BCUT2D eigenvalue weighted by Gasteiger charge is 2.30. The van der Waals surface area contributed by atoms with Gasteiger partial charge in [0.1, 0.15) is 6.10 Å². The van der Waals surface area contributed by atoms with E-state index in [4.69, 9.17) is 4.74 Å². The SMILES string of the molecule is CC1CCCC(OC(=O)OOOC(=O)c2ccccc2)C1C. The Morgan fingerprint density at radius 3 is 2.50 bits per heavy atom. The molecule has 0 N–H and O–H groups in total. The van der Waals surface area contributed by atoms with Gasteiger partial charge in [0.05, 0.1) is 10.6 Å². The molecule has 0 aromatic heterocycles. The lowest BCUT2D eigenvalue weighted by atomic mass is 9.79. The van der Waals surface area contributed by atoms with Crippen molar-refractivity contribution in [1.29, 1.82) is 0 Å². The topological polar surface area (TPSA) is 71.1 Å². The molecule has 0 aliphatic heterocycles. The molecule has 6 heteroatoms. The van der Waals surface area contributed by atoms with Crippen LogP contribution in [0.25, 0.3) is 0 Å². The van der Waals surface area contributed by atoms with Crippen LogP contribution in [0.1, 0.15) is 43.5 Å².